The van der Waals surface area contributed by atoms with Crippen molar-refractivity contribution in [2.45, 2.75) is 18.9 Å². The third-order valence-corrected chi connectivity index (χ3v) is 3.73. The molecule has 0 aromatic carbocycles. The smallest absolute Gasteiger partial charge is 0.166 e. The number of pyridine rings is 1. The van der Waals surface area contributed by atoms with Gasteiger partial charge in [0.15, 0.2) is 11.6 Å². The van der Waals surface area contributed by atoms with E-state index in [1.165, 1.54) is 24.4 Å². The summed E-state index contributed by atoms with van der Waals surface area (Å²) in [6, 6.07) is 1.61. The van der Waals surface area contributed by atoms with Gasteiger partial charge in [0.25, 0.3) is 0 Å². The second-order valence-electron chi connectivity index (χ2n) is 3.54. The molecular formula is C10H12ClFN2S. The van der Waals surface area contributed by atoms with Gasteiger partial charge in [0.2, 0.25) is 0 Å². The van der Waals surface area contributed by atoms with Crippen LogP contribution in [0.25, 0.3) is 0 Å². The average molecular weight is 247 g/mol. The summed E-state index contributed by atoms with van der Waals surface area (Å²) in [6.45, 7) is 0. The molecule has 0 amide bonds. The van der Waals surface area contributed by atoms with Crippen LogP contribution in [0.15, 0.2) is 12.3 Å². The maximum atomic E-state index is 13.4. The van der Waals surface area contributed by atoms with Gasteiger partial charge in [-0.05, 0) is 24.7 Å². The Kier molecular flexibility index (Phi) is 3.70. The lowest BCUT2D eigenvalue weighted by Gasteiger charge is -2.23. The average Bonchev–Trinajstić information content (AvgIpc) is 2.24. The fourth-order valence-electron chi connectivity index (χ4n) is 1.57. The maximum absolute atomic E-state index is 13.4. The fraction of sp³-hybridized carbons (Fsp3) is 0.500. The van der Waals surface area contributed by atoms with Crippen LogP contribution in [0.5, 0.6) is 0 Å². The lowest BCUT2D eigenvalue weighted by atomic mass is 10.2. The van der Waals surface area contributed by atoms with E-state index in [0.29, 0.717) is 16.9 Å². The topological polar surface area (TPSA) is 24.9 Å². The minimum Gasteiger partial charge on any atom is -0.364 e. The van der Waals surface area contributed by atoms with Crippen molar-refractivity contribution >= 4 is 29.2 Å². The molecule has 1 atom stereocenters. The van der Waals surface area contributed by atoms with Gasteiger partial charge in [-0.25, -0.2) is 9.37 Å². The van der Waals surface area contributed by atoms with Crippen LogP contribution in [-0.2, 0) is 0 Å². The van der Waals surface area contributed by atoms with Crippen LogP contribution in [0.1, 0.15) is 12.8 Å². The normalized spacial score (nSPS) is 21.3. The van der Waals surface area contributed by atoms with Gasteiger partial charge in [0, 0.05) is 18.0 Å². The van der Waals surface area contributed by atoms with E-state index >= 15 is 0 Å². The fourth-order valence-corrected chi connectivity index (χ4v) is 2.79. The van der Waals surface area contributed by atoms with Gasteiger partial charge in [0.05, 0.1) is 5.02 Å². The molecular weight excluding hydrogens is 235 g/mol. The summed E-state index contributed by atoms with van der Waals surface area (Å²) < 4.78 is 13.4. The van der Waals surface area contributed by atoms with Gasteiger partial charge in [-0.3, -0.25) is 0 Å². The number of aromatic nitrogens is 1. The Hall–Kier alpha value is -0.480. The molecule has 0 aliphatic carbocycles. The lowest BCUT2D eigenvalue weighted by Crippen LogP contribution is -2.26. The molecule has 82 valence electrons. The highest BCUT2D eigenvalue weighted by molar-refractivity contribution is 7.99. The molecule has 0 radical (unpaired) electrons. The summed E-state index contributed by atoms with van der Waals surface area (Å²) in [5.41, 5.74) is 0. The maximum Gasteiger partial charge on any atom is 0.166 e. The zero-order valence-corrected chi connectivity index (χ0v) is 9.74. The Balaban J connectivity index is 2.03. The van der Waals surface area contributed by atoms with Crippen molar-refractivity contribution in [3.63, 3.8) is 0 Å². The van der Waals surface area contributed by atoms with Gasteiger partial charge in [-0.2, -0.15) is 11.8 Å². The first kappa shape index (κ1) is 11.0. The van der Waals surface area contributed by atoms with Crippen LogP contribution in [0.4, 0.5) is 10.2 Å². The third kappa shape index (κ3) is 2.98. The minimum absolute atomic E-state index is 0.312. The zero-order chi connectivity index (χ0) is 10.7. The Morgan fingerprint density at radius 3 is 3.13 bits per heavy atom. The number of nitrogens with one attached hydrogen (secondary N) is 1. The van der Waals surface area contributed by atoms with Crippen molar-refractivity contribution in [3.05, 3.63) is 23.1 Å². The first-order valence-electron chi connectivity index (χ1n) is 4.91. The predicted molar refractivity (Wildman–Crippen MR) is 63.2 cm³/mol. The molecule has 1 saturated heterocycles. The van der Waals surface area contributed by atoms with Gasteiger partial charge in [-0.15, -0.1) is 0 Å². The first-order chi connectivity index (χ1) is 7.25. The molecule has 1 aromatic rings. The Bertz CT molecular complexity index is 342. The largest absolute Gasteiger partial charge is 0.364 e. The summed E-state index contributed by atoms with van der Waals surface area (Å²) in [5.74, 6) is 2.16. The summed E-state index contributed by atoms with van der Waals surface area (Å²) in [5, 5.41) is 3.44. The Morgan fingerprint density at radius 2 is 2.47 bits per heavy atom. The SMILES string of the molecule is Fc1cc(Cl)cnc1NC1CCCSC1. The van der Waals surface area contributed by atoms with Crippen LogP contribution < -0.4 is 5.32 Å². The summed E-state index contributed by atoms with van der Waals surface area (Å²) >= 11 is 7.52. The second-order valence-corrected chi connectivity index (χ2v) is 5.13. The van der Waals surface area contributed by atoms with Gasteiger partial charge < -0.3 is 5.32 Å². The summed E-state index contributed by atoms with van der Waals surface area (Å²) in [7, 11) is 0. The molecule has 5 heteroatoms. The van der Waals surface area contributed by atoms with Crippen molar-refractivity contribution in [1.82, 2.24) is 4.98 Å². The number of hydrogen-bond acceptors (Lipinski definition) is 3. The quantitative estimate of drug-likeness (QED) is 0.868. The number of nitrogens with zero attached hydrogens (tertiary/aromatic N) is 1. The van der Waals surface area contributed by atoms with E-state index in [1.54, 1.807) is 0 Å². The molecule has 1 N–H and O–H groups in total. The van der Waals surface area contributed by atoms with E-state index in [2.05, 4.69) is 10.3 Å². The first-order valence-corrected chi connectivity index (χ1v) is 6.44. The van der Waals surface area contributed by atoms with Crippen LogP contribution in [0.2, 0.25) is 5.02 Å². The lowest BCUT2D eigenvalue weighted by molar-refractivity contribution is 0.613. The molecule has 1 unspecified atom stereocenters. The van der Waals surface area contributed by atoms with E-state index in [0.717, 1.165) is 12.2 Å². The highest BCUT2D eigenvalue weighted by atomic mass is 35.5. The molecule has 1 fully saturated rings. The van der Waals surface area contributed by atoms with Crippen molar-refractivity contribution in [2.75, 3.05) is 16.8 Å². The van der Waals surface area contributed by atoms with E-state index < -0.39 is 0 Å². The summed E-state index contributed by atoms with van der Waals surface area (Å²) in [4.78, 5) is 3.94. The van der Waals surface area contributed by atoms with Crippen LogP contribution in [0, 0.1) is 5.82 Å². The molecule has 2 nitrogen and oxygen atoms in total. The van der Waals surface area contributed by atoms with Crippen molar-refractivity contribution in [1.29, 1.82) is 0 Å². The molecule has 1 aliphatic rings. The zero-order valence-electron chi connectivity index (χ0n) is 8.17. The third-order valence-electron chi connectivity index (χ3n) is 2.31. The molecule has 15 heavy (non-hydrogen) atoms. The monoisotopic (exact) mass is 246 g/mol. The van der Waals surface area contributed by atoms with Crippen LogP contribution >= 0.6 is 23.4 Å². The highest BCUT2D eigenvalue weighted by Gasteiger charge is 2.15. The van der Waals surface area contributed by atoms with Gasteiger partial charge >= 0.3 is 0 Å². The van der Waals surface area contributed by atoms with E-state index in [-0.39, 0.29) is 5.82 Å². The molecule has 0 spiro atoms. The van der Waals surface area contributed by atoms with Crippen molar-refractivity contribution < 1.29 is 4.39 Å². The van der Waals surface area contributed by atoms with E-state index in [1.807, 2.05) is 11.8 Å². The minimum atomic E-state index is -0.377. The molecule has 2 heterocycles. The van der Waals surface area contributed by atoms with E-state index in [9.17, 15) is 4.39 Å². The number of rotatable bonds is 2. The number of anilines is 1. The Morgan fingerprint density at radius 1 is 1.60 bits per heavy atom. The Labute approximate surface area is 97.6 Å². The van der Waals surface area contributed by atoms with E-state index in [4.69, 9.17) is 11.6 Å². The summed E-state index contributed by atoms with van der Waals surface area (Å²) in [6.07, 6.45) is 3.72. The highest BCUT2D eigenvalue weighted by Crippen LogP contribution is 2.22. The van der Waals surface area contributed by atoms with Crippen LogP contribution in [0.3, 0.4) is 0 Å². The van der Waals surface area contributed by atoms with Crippen molar-refractivity contribution in [3.8, 4) is 0 Å². The number of thioether (sulfide) groups is 1. The molecule has 0 bridgehead atoms. The molecule has 0 saturated carbocycles. The predicted octanol–water partition coefficient (Wildman–Crippen LogP) is 3.18. The van der Waals surface area contributed by atoms with Crippen LogP contribution in [-0.4, -0.2) is 22.5 Å². The van der Waals surface area contributed by atoms with Gasteiger partial charge in [-0.1, -0.05) is 11.6 Å². The van der Waals surface area contributed by atoms with Gasteiger partial charge in [0.1, 0.15) is 0 Å². The second kappa shape index (κ2) is 5.03. The van der Waals surface area contributed by atoms with Crippen molar-refractivity contribution in [2.24, 2.45) is 0 Å². The number of halogens is 2. The standard InChI is InChI=1S/C10H12ClFN2S/c11-7-4-9(12)10(13-5-7)14-8-2-1-3-15-6-8/h4-5,8H,1-3,6H2,(H,13,14). The molecule has 1 aromatic heterocycles. The number of hydrogen-bond donors (Lipinski definition) is 1. The molecule has 1 aliphatic heterocycles. The molecule has 2 rings (SSSR count).